The third kappa shape index (κ3) is 5.21. The van der Waals surface area contributed by atoms with Gasteiger partial charge in [-0.25, -0.2) is 4.98 Å². The smallest absolute Gasteiger partial charge is 0.255 e. The van der Waals surface area contributed by atoms with Gasteiger partial charge in [-0.2, -0.15) is 0 Å². The number of anilines is 2. The lowest BCUT2D eigenvalue weighted by atomic mass is 10.1. The molecule has 5 nitrogen and oxygen atoms in total. The summed E-state index contributed by atoms with van der Waals surface area (Å²) in [7, 11) is 0. The maximum Gasteiger partial charge on any atom is 0.255 e. The lowest BCUT2D eigenvalue weighted by Crippen LogP contribution is -2.22. The summed E-state index contributed by atoms with van der Waals surface area (Å²) in [6.45, 7) is 5.66. The number of carbonyl (C=O) groups is 2. The van der Waals surface area contributed by atoms with Crippen LogP contribution in [0.1, 0.15) is 28.5 Å². The SMILES string of the molecule is Cc1csc(NC(=O)C(C)Sc2ccc(NC(=O)c3ccccc3C)cc2)n1. The van der Waals surface area contributed by atoms with Crippen LogP contribution in [0, 0.1) is 13.8 Å². The average Bonchev–Trinajstić information content (AvgIpc) is 3.08. The zero-order valence-corrected chi connectivity index (χ0v) is 17.5. The van der Waals surface area contributed by atoms with E-state index >= 15 is 0 Å². The van der Waals surface area contributed by atoms with E-state index in [9.17, 15) is 9.59 Å². The number of aromatic nitrogens is 1. The molecule has 0 aliphatic rings. The van der Waals surface area contributed by atoms with Crippen LogP contribution in [0.3, 0.4) is 0 Å². The summed E-state index contributed by atoms with van der Waals surface area (Å²) in [5.74, 6) is -0.221. The van der Waals surface area contributed by atoms with Gasteiger partial charge in [-0.05, 0) is 56.7 Å². The predicted molar refractivity (Wildman–Crippen MR) is 116 cm³/mol. The zero-order chi connectivity index (χ0) is 20.1. The fourth-order valence-electron chi connectivity index (χ4n) is 2.52. The van der Waals surface area contributed by atoms with Crippen molar-refractivity contribution in [2.24, 2.45) is 0 Å². The van der Waals surface area contributed by atoms with E-state index in [0.29, 0.717) is 16.4 Å². The Morgan fingerprint density at radius 3 is 2.39 bits per heavy atom. The molecule has 2 aromatic carbocycles. The highest BCUT2D eigenvalue weighted by molar-refractivity contribution is 8.00. The number of nitrogens with one attached hydrogen (secondary N) is 2. The van der Waals surface area contributed by atoms with Crippen LogP contribution in [0.25, 0.3) is 0 Å². The quantitative estimate of drug-likeness (QED) is 0.552. The molecule has 0 fully saturated rings. The molecular formula is C21H21N3O2S2. The van der Waals surface area contributed by atoms with Crippen LogP contribution in [0.15, 0.2) is 58.8 Å². The summed E-state index contributed by atoms with van der Waals surface area (Å²) in [6, 6.07) is 14.9. The van der Waals surface area contributed by atoms with Gasteiger partial charge in [0.15, 0.2) is 5.13 Å². The second kappa shape index (κ2) is 9.03. The molecule has 3 aromatic rings. The highest BCUT2D eigenvalue weighted by Gasteiger charge is 2.16. The number of hydrogen-bond acceptors (Lipinski definition) is 5. The number of rotatable bonds is 6. The molecule has 0 spiro atoms. The Morgan fingerprint density at radius 1 is 1.04 bits per heavy atom. The minimum absolute atomic E-state index is 0.0868. The van der Waals surface area contributed by atoms with Gasteiger partial charge >= 0.3 is 0 Å². The molecule has 3 rings (SSSR count). The fraction of sp³-hybridized carbons (Fsp3) is 0.190. The fourth-order valence-corrected chi connectivity index (χ4v) is 4.08. The van der Waals surface area contributed by atoms with Crippen molar-refractivity contribution in [3.63, 3.8) is 0 Å². The van der Waals surface area contributed by atoms with Crippen molar-refractivity contribution in [2.45, 2.75) is 30.9 Å². The van der Waals surface area contributed by atoms with Gasteiger partial charge in [0.25, 0.3) is 5.91 Å². The molecule has 2 N–H and O–H groups in total. The Morgan fingerprint density at radius 2 is 1.75 bits per heavy atom. The van der Waals surface area contributed by atoms with E-state index in [2.05, 4.69) is 15.6 Å². The van der Waals surface area contributed by atoms with E-state index in [0.717, 1.165) is 16.2 Å². The van der Waals surface area contributed by atoms with E-state index < -0.39 is 0 Å². The summed E-state index contributed by atoms with van der Waals surface area (Å²) in [4.78, 5) is 29.9. The molecule has 7 heteroatoms. The molecule has 0 radical (unpaired) electrons. The van der Waals surface area contributed by atoms with E-state index in [1.807, 2.05) is 68.6 Å². The first-order valence-corrected chi connectivity index (χ1v) is 10.5. The van der Waals surface area contributed by atoms with Crippen molar-refractivity contribution >= 4 is 45.7 Å². The molecule has 1 atom stereocenters. The average molecular weight is 412 g/mol. The molecule has 1 unspecified atom stereocenters. The van der Waals surface area contributed by atoms with Crippen LogP contribution in [0.4, 0.5) is 10.8 Å². The first-order valence-electron chi connectivity index (χ1n) is 8.79. The molecular weight excluding hydrogens is 390 g/mol. The van der Waals surface area contributed by atoms with Crippen molar-refractivity contribution in [3.05, 3.63) is 70.7 Å². The van der Waals surface area contributed by atoms with Gasteiger partial charge in [-0.3, -0.25) is 9.59 Å². The van der Waals surface area contributed by atoms with Crippen LogP contribution in [0.2, 0.25) is 0 Å². The molecule has 2 amide bonds. The number of nitrogens with zero attached hydrogens (tertiary/aromatic N) is 1. The summed E-state index contributed by atoms with van der Waals surface area (Å²) in [5, 5.41) is 7.99. The summed E-state index contributed by atoms with van der Waals surface area (Å²) in [5.41, 5.74) is 3.20. The number of hydrogen-bond donors (Lipinski definition) is 2. The van der Waals surface area contributed by atoms with Crippen LogP contribution < -0.4 is 10.6 Å². The van der Waals surface area contributed by atoms with E-state index in [-0.39, 0.29) is 17.1 Å². The van der Waals surface area contributed by atoms with Crippen molar-refractivity contribution in [3.8, 4) is 0 Å². The molecule has 144 valence electrons. The first-order chi connectivity index (χ1) is 13.4. The van der Waals surface area contributed by atoms with Crippen molar-refractivity contribution in [1.82, 2.24) is 4.98 Å². The van der Waals surface area contributed by atoms with Crippen LogP contribution in [0.5, 0.6) is 0 Å². The van der Waals surface area contributed by atoms with E-state index in [1.54, 1.807) is 6.07 Å². The lowest BCUT2D eigenvalue weighted by molar-refractivity contribution is -0.115. The summed E-state index contributed by atoms with van der Waals surface area (Å²) < 4.78 is 0. The Balaban J connectivity index is 1.57. The Labute approximate surface area is 172 Å². The second-order valence-electron chi connectivity index (χ2n) is 6.34. The number of amides is 2. The van der Waals surface area contributed by atoms with Gasteiger partial charge in [-0.1, -0.05) is 18.2 Å². The molecule has 0 aliphatic carbocycles. The molecule has 28 heavy (non-hydrogen) atoms. The van der Waals surface area contributed by atoms with Crippen LogP contribution in [-0.2, 0) is 4.79 Å². The monoisotopic (exact) mass is 411 g/mol. The largest absolute Gasteiger partial charge is 0.322 e. The Hall–Kier alpha value is -2.64. The predicted octanol–water partition coefficient (Wildman–Crippen LogP) is 5.13. The topological polar surface area (TPSA) is 71.1 Å². The van der Waals surface area contributed by atoms with Crippen molar-refractivity contribution < 1.29 is 9.59 Å². The molecule has 1 heterocycles. The third-order valence-corrected chi connectivity index (χ3v) is 6.02. The number of carbonyl (C=O) groups excluding carboxylic acids is 2. The second-order valence-corrected chi connectivity index (χ2v) is 8.61. The highest BCUT2D eigenvalue weighted by atomic mass is 32.2. The molecule has 0 aliphatic heterocycles. The highest BCUT2D eigenvalue weighted by Crippen LogP contribution is 2.26. The van der Waals surface area contributed by atoms with Crippen molar-refractivity contribution in [1.29, 1.82) is 0 Å². The van der Waals surface area contributed by atoms with Crippen LogP contribution in [-0.4, -0.2) is 22.0 Å². The number of benzene rings is 2. The first kappa shape index (κ1) is 20.1. The van der Waals surface area contributed by atoms with Crippen molar-refractivity contribution in [2.75, 3.05) is 10.6 Å². The lowest BCUT2D eigenvalue weighted by Gasteiger charge is -2.11. The molecule has 1 aromatic heterocycles. The normalized spacial score (nSPS) is 11.7. The maximum atomic E-state index is 12.4. The van der Waals surface area contributed by atoms with E-state index in [4.69, 9.17) is 0 Å². The molecule has 0 bridgehead atoms. The Kier molecular flexibility index (Phi) is 6.49. The van der Waals surface area contributed by atoms with Gasteiger partial charge < -0.3 is 10.6 Å². The minimum atomic E-state index is -0.267. The maximum absolute atomic E-state index is 12.4. The zero-order valence-electron chi connectivity index (χ0n) is 15.9. The molecule has 0 saturated heterocycles. The minimum Gasteiger partial charge on any atom is -0.322 e. The summed E-state index contributed by atoms with van der Waals surface area (Å²) in [6.07, 6.45) is 0. The Bertz CT molecular complexity index is 983. The number of thiazole rings is 1. The van der Waals surface area contributed by atoms with E-state index in [1.165, 1.54) is 23.1 Å². The van der Waals surface area contributed by atoms with Gasteiger partial charge in [0, 0.05) is 21.5 Å². The number of aryl methyl sites for hydroxylation is 2. The standard InChI is InChI=1S/C21H21N3O2S2/c1-13-6-4-5-7-18(13)20(26)23-16-8-10-17(11-9-16)28-15(3)19(25)24-21-22-14(2)12-27-21/h4-12,15H,1-3H3,(H,23,26)(H,22,24,25). The van der Waals surface area contributed by atoms with Gasteiger partial charge in [-0.15, -0.1) is 23.1 Å². The van der Waals surface area contributed by atoms with Gasteiger partial charge in [0.05, 0.1) is 10.9 Å². The van der Waals surface area contributed by atoms with Gasteiger partial charge in [0.1, 0.15) is 0 Å². The molecule has 0 saturated carbocycles. The summed E-state index contributed by atoms with van der Waals surface area (Å²) >= 11 is 2.87. The third-order valence-electron chi connectivity index (χ3n) is 4.03. The number of thioether (sulfide) groups is 1. The van der Waals surface area contributed by atoms with Gasteiger partial charge in [0.2, 0.25) is 5.91 Å². The van der Waals surface area contributed by atoms with Crippen LogP contribution >= 0.6 is 23.1 Å².